The van der Waals surface area contributed by atoms with Gasteiger partial charge in [-0.05, 0) is 66.4 Å². The van der Waals surface area contributed by atoms with Crippen molar-refractivity contribution >= 4 is 41.0 Å². The predicted molar refractivity (Wildman–Crippen MR) is 133 cm³/mol. The summed E-state index contributed by atoms with van der Waals surface area (Å²) in [7, 11) is 0. The Morgan fingerprint density at radius 3 is 2.26 bits per heavy atom. The molecule has 1 atom stereocenters. The van der Waals surface area contributed by atoms with E-state index in [9.17, 15) is 19.2 Å². The standard InChI is InChI=1S/C27H23ClN2O5/c1-2-27(14-13-23(31)30-26(27)35)19-8-10-20(11-9-19)29-24(32)18-7-12-22(28)21(15-18)16-3-5-17(6-4-16)25(33)34/h3-12,15H,2,13-14H2,1H3,(H,29,32)(H,33,34)(H,30,31,35)/t27-/m0/s1. The van der Waals surface area contributed by atoms with E-state index in [0.717, 1.165) is 5.56 Å². The minimum Gasteiger partial charge on any atom is -0.478 e. The number of carbonyl (C=O) groups excluding carboxylic acids is 3. The van der Waals surface area contributed by atoms with Crippen LogP contribution in [0.5, 0.6) is 0 Å². The smallest absolute Gasteiger partial charge is 0.335 e. The molecular formula is C27H23ClN2O5. The van der Waals surface area contributed by atoms with Gasteiger partial charge in [0.05, 0.1) is 11.0 Å². The van der Waals surface area contributed by atoms with Gasteiger partial charge in [0.2, 0.25) is 11.8 Å². The van der Waals surface area contributed by atoms with Crippen LogP contribution in [0.15, 0.2) is 66.7 Å². The van der Waals surface area contributed by atoms with Crippen molar-refractivity contribution in [1.82, 2.24) is 5.32 Å². The van der Waals surface area contributed by atoms with Crippen molar-refractivity contribution in [2.24, 2.45) is 0 Å². The topological polar surface area (TPSA) is 113 Å². The van der Waals surface area contributed by atoms with Gasteiger partial charge in [-0.2, -0.15) is 0 Å². The van der Waals surface area contributed by atoms with Gasteiger partial charge in [0.1, 0.15) is 0 Å². The van der Waals surface area contributed by atoms with Gasteiger partial charge in [0, 0.05) is 28.3 Å². The van der Waals surface area contributed by atoms with Gasteiger partial charge in [-0.1, -0.05) is 42.8 Å². The summed E-state index contributed by atoms with van der Waals surface area (Å²) in [5, 5.41) is 14.8. The number of aromatic carboxylic acids is 1. The van der Waals surface area contributed by atoms with E-state index >= 15 is 0 Å². The van der Waals surface area contributed by atoms with Gasteiger partial charge < -0.3 is 10.4 Å². The molecule has 1 saturated heterocycles. The molecule has 1 heterocycles. The summed E-state index contributed by atoms with van der Waals surface area (Å²) in [6.45, 7) is 1.92. The largest absolute Gasteiger partial charge is 0.478 e. The fourth-order valence-electron chi connectivity index (χ4n) is 4.32. The molecule has 178 valence electrons. The average molecular weight is 491 g/mol. The number of rotatable bonds is 6. The Bertz CT molecular complexity index is 1320. The molecule has 0 aliphatic carbocycles. The molecule has 3 N–H and O–H groups in total. The van der Waals surface area contributed by atoms with E-state index in [0.29, 0.717) is 40.2 Å². The van der Waals surface area contributed by atoms with Crippen molar-refractivity contribution in [3.8, 4) is 11.1 Å². The summed E-state index contributed by atoms with van der Waals surface area (Å²) >= 11 is 6.34. The van der Waals surface area contributed by atoms with Crippen LogP contribution in [0.4, 0.5) is 5.69 Å². The minimum atomic E-state index is -1.02. The van der Waals surface area contributed by atoms with Gasteiger partial charge in [-0.25, -0.2) is 4.79 Å². The molecule has 0 spiro atoms. The second-order valence-corrected chi connectivity index (χ2v) is 8.83. The number of benzene rings is 3. The Labute approximate surface area is 207 Å². The van der Waals surface area contributed by atoms with E-state index in [1.54, 1.807) is 54.6 Å². The number of carboxylic acid groups (broad SMARTS) is 1. The van der Waals surface area contributed by atoms with E-state index in [2.05, 4.69) is 10.6 Å². The zero-order valence-corrected chi connectivity index (χ0v) is 19.7. The summed E-state index contributed by atoms with van der Waals surface area (Å²) in [6, 6.07) is 18.2. The molecule has 0 aromatic heterocycles. The molecule has 0 radical (unpaired) electrons. The van der Waals surface area contributed by atoms with Crippen LogP contribution >= 0.6 is 11.6 Å². The minimum absolute atomic E-state index is 0.157. The number of hydrogen-bond acceptors (Lipinski definition) is 4. The van der Waals surface area contributed by atoms with Crippen LogP contribution in [0.3, 0.4) is 0 Å². The number of hydrogen-bond donors (Lipinski definition) is 3. The van der Waals surface area contributed by atoms with Crippen LogP contribution in [0, 0.1) is 0 Å². The second-order valence-electron chi connectivity index (χ2n) is 8.42. The van der Waals surface area contributed by atoms with Crippen LogP contribution < -0.4 is 10.6 Å². The summed E-state index contributed by atoms with van der Waals surface area (Å²) < 4.78 is 0. The molecule has 1 fully saturated rings. The second kappa shape index (κ2) is 9.72. The lowest BCUT2D eigenvalue weighted by Gasteiger charge is -2.35. The van der Waals surface area contributed by atoms with E-state index in [4.69, 9.17) is 16.7 Å². The maximum absolute atomic E-state index is 12.9. The monoisotopic (exact) mass is 490 g/mol. The highest BCUT2D eigenvalue weighted by molar-refractivity contribution is 6.33. The van der Waals surface area contributed by atoms with Gasteiger partial charge in [0.25, 0.3) is 5.91 Å². The highest BCUT2D eigenvalue weighted by Gasteiger charge is 2.42. The van der Waals surface area contributed by atoms with Crippen molar-refractivity contribution in [3.05, 3.63) is 88.4 Å². The van der Waals surface area contributed by atoms with Crippen LogP contribution in [-0.4, -0.2) is 28.8 Å². The summed E-state index contributed by atoms with van der Waals surface area (Å²) in [4.78, 5) is 48.2. The predicted octanol–water partition coefficient (Wildman–Crippen LogP) is 5.04. The first-order chi connectivity index (χ1) is 16.7. The van der Waals surface area contributed by atoms with Gasteiger partial charge in [-0.15, -0.1) is 0 Å². The molecule has 0 unspecified atom stereocenters. The zero-order chi connectivity index (χ0) is 25.2. The number of piperidine rings is 1. The Morgan fingerprint density at radius 2 is 1.66 bits per heavy atom. The van der Waals surface area contributed by atoms with Crippen molar-refractivity contribution in [2.45, 2.75) is 31.6 Å². The number of carboxylic acids is 1. The highest BCUT2D eigenvalue weighted by atomic mass is 35.5. The number of anilines is 1. The van der Waals surface area contributed by atoms with E-state index in [1.807, 2.05) is 6.92 Å². The summed E-state index contributed by atoms with van der Waals surface area (Å²) in [6.07, 6.45) is 1.29. The third-order valence-corrected chi connectivity index (χ3v) is 6.77. The maximum atomic E-state index is 12.9. The lowest BCUT2D eigenvalue weighted by molar-refractivity contribution is -0.138. The Morgan fingerprint density at radius 1 is 1.00 bits per heavy atom. The summed E-state index contributed by atoms with van der Waals surface area (Å²) in [5.41, 5.74) is 2.41. The zero-order valence-electron chi connectivity index (χ0n) is 18.9. The maximum Gasteiger partial charge on any atom is 0.335 e. The third-order valence-electron chi connectivity index (χ3n) is 6.44. The molecule has 3 aromatic rings. The number of halogens is 1. The molecule has 8 heteroatoms. The van der Waals surface area contributed by atoms with E-state index in [1.165, 1.54) is 12.1 Å². The number of nitrogens with one attached hydrogen (secondary N) is 2. The van der Waals surface area contributed by atoms with Crippen LogP contribution in [0.1, 0.15) is 52.5 Å². The highest BCUT2D eigenvalue weighted by Crippen LogP contribution is 2.36. The molecule has 1 aliphatic rings. The SMILES string of the molecule is CC[C@@]1(c2ccc(NC(=O)c3ccc(Cl)c(-c4ccc(C(=O)O)cc4)c3)cc2)CCC(=O)NC1=O. The van der Waals surface area contributed by atoms with E-state index < -0.39 is 11.4 Å². The van der Waals surface area contributed by atoms with Gasteiger partial charge in [0.15, 0.2) is 0 Å². The molecule has 4 rings (SSSR count). The molecular weight excluding hydrogens is 468 g/mol. The Balaban J connectivity index is 1.53. The molecule has 35 heavy (non-hydrogen) atoms. The first-order valence-electron chi connectivity index (χ1n) is 11.1. The molecule has 3 amide bonds. The lowest BCUT2D eigenvalue weighted by Crippen LogP contribution is -2.51. The van der Waals surface area contributed by atoms with Crippen molar-refractivity contribution in [3.63, 3.8) is 0 Å². The number of imide groups is 1. The first kappa shape index (κ1) is 24.2. The van der Waals surface area contributed by atoms with Gasteiger partial charge >= 0.3 is 5.97 Å². The fraction of sp³-hybridized carbons (Fsp3) is 0.185. The normalized spacial score (nSPS) is 17.5. The van der Waals surface area contributed by atoms with Crippen molar-refractivity contribution in [1.29, 1.82) is 0 Å². The lowest BCUT2D eigenvalue weighted by atomic mass is 9.72. The van der Waals surface area contributed by atoms with Crippen LogP contribution in [0.2, 0.25) is 5.02 Å². The Hall–Kier alpha value is -3.97. The number of carbonyl (C=O) groups is 4. The quantitative estimate of drug-likeness (QED) is 0.419. The van der Waals surface area contributed by atoms with E-state index in [-0.39, 0.29) is 29.7 Å². The molecule has 0 saturated carbocycles. The Kier molecular flexibility index (Phi) is 6.71. The molecule has 1 aliphatic heterocycles. The molecule has 0 bridgehead atoms. The number of amides is 3. The third kappa shape index (κ3) is 4.81. The van der Waals surface area contributed by atoms with Crippen LogP contribution in [0.25, 0.3) is 11.1 Å². The average Bonchev–Trinajstić information content (AvgIpc) is 2.85. The summed E-state index contributed by atoms with van der Waals surface area (Å²) in [5.74, 6) is -1.92. The molecule has 7 nitrogen and oxygen atoms in total. The fourth-order valence-corrected chi connectivity index (χ4v) is 4.55. The first-order valence-corrected chi connectivity index (χ1v) is 11.5. The van der Waals surface area contributed by atoms with Gasteiger partial charge in [-0.3, -0.25) is 19.7 Å². The van der Waals surface area contributed by atoms with Crippen LogP contribution in [-0.2, 0) is 15.0 Å². The van der Waals surface area contributed by atoms with Crippen molar-refractivity contribution < 1.29 is 24.3 Å². The molecule has 3 aromatic carbocycles. The van der Waals surface area contributed by atoms with Crippen molar-refractivity contribution in [2.75, 3.05) is 5.32 Å².